The van der Waals surface area contributed by atoms with E-state index >= 15 is 0 Å². The third-order valence-electron chi connectivity index (χ3n) is 5.89. The van der Waals surface area contributed by atoms with Crippen LogP contribution in [0.1, 0.15) is 45.4 Å². The number of nitroso groups, excluding NO2 is 1. The number of urea groups is 1. The van der Waals surface area contributed by atoms with Crippen molar-refractivity contribution in [3.05, 3.63) is 64.4 Å². The van der Waals surface area contributed by atoms with E-state index in [1.165, 1.54) is 48.1 Å². The fraction of sp³-hybridized carbons (Fsp3) is 0.500. The van der Waals surface area contributed by atoms with Crippen LogP contribution in [0.25, 0.3) is 5.69 Å². The molecule has 1 saturated carbocycles. The van der Waals surface area contributed by atoms with Gasteiger partial charge in [-0.15, -0.1) is 17.0 Å². The van der Waals surface area contributed by atoms with Gasteiger partial charge >= 0.3 is 11.7 Å². The van der Waals surface area contributed by atoms with Crippen molar-refractivity contribution in [3.63, 3.8) is 0 Å². The fourth-order valence-electron chi connectivity index (χ4n) is 3.89. The SMILES string of the molecule is CC1CCC[CH-]CCC1.O=NN1CCN(C(=O)Nc2ccn(-c3cc[c-]cc3)c(=O)n2)CC1.[Y]. The fourth-order valence-corrected chi connectivity index (χ4v) is 3.89. The molecule has 2 heterocycles. The van der Waals surface area contributed by atoms with Gasteiger partial charge in [-0.05, 0) is 12.0 Å². The summed E-state index contributed by atoms with van der Waals surface area (Å²) in [5.74, 6) is 1.18. The maximum Gasteiger partial charge on any atom is 0.352 e. The zero-order valence-electron chi connectivity index (χ0n) is 19.7. The summed E-state index contributed by atoms with van der Waals surface area (Å²) in [5.41, 5.74) is 0.176. The van der Waals surface area contributed by atoms with Crippen LogP contribution in [0.15, 0.2) is 46.6 Å². The van der Waals surface area contributed by atoms with E-state index < -0.39 is 5.69 Å². The molecule has 181 valence electrons. The van der Waals surface area contributed by atoms with Gasteiger partial charge in [-0.3, -0.25) is 14.9 Å². The molecule has 1 saturated heterocycles. The molecule has 0 bridgehead atoms. The van der Waals surface area contributed by atoms with Crippen molar-refractivity contribution < 1.29 is 37.5 Å². The number of piperazine rings is 1. The van der Waals surface area contributed by atoms with Gasteiger partial charge in [-0.2, -0.15) is 36.0 Å². The van der Waals surface area contributed by atoms with Gasteiger partial charge in [0.2, 0.25) is 0 Å². The van der Waals surface area contributed by atoms with Crippen molar-refractivity contribution in [1.82, 2.24) is 19.5 Å². The van der Waals surface area contributed by atoms with Gasteiger partial charge in [0.15, 0.2) is 0 Å². The Labute approximate surface area is 226 Å². The average Bonchev–Trinajstić information content (AvgIpc) is 2.82. The van der Waals surface area contributed by atoms with Crippen molar-refractivity contribution in [2.75, 3.05) is 31.5 Å². The Balaban J connectivity index is 0.000000345. The van der Waals surface area contributed by atoms with Crippen molar-refractivity contribution in [2.24, 2.45) is 11.2 Å². The number of nitrogens with one attached hydrogen (secondary N) is 1. The molecule has 10 heteroatoms. The van der Waals surface area contributed by atoms with Crippen LogP contribution in [0, 0.1) is 23.3 Å². The van der Waals surface area contributed by atoms with Crippen LogP contribution in [0.5, 0.6) is 0 Å². The molecule has 2 aliphatic rings. The first-order chi connectivity index (χ1) is 16.1. The summed E-state index contributed by atoms with van der Waals surface area (Å²) >= 11 is 0. The second-order valence-corrected chi connectivity index (χ2v) is 8.43. The molecule has 1 aliphatic carbocycles. The summed E-state index contributed by atoms with van der Waals surface area (Å²) in [4.78, 5) is 40.1. The van der Waals surface area contributed by atoms with Crippen molar-refractivity contribution in [2.45, 2.75) is 45.4 Å². The monoisotopic (exact) mass is 541 g/mol. The second-order valence-electron chi connectivity index (χ2n) is 8.43. The quantitative estimate of drug-likeness (QED) is 0.467. The Kier molecular flexibility index (Phi) is 12.4. The minimum absolute atomic E-state index is 0. The first-order valence-corrected chi connectivity index (χ1v) is 11.6. The van der Waals surface area contributed by atoms with Gasteiger partial charge in [0, 0.05) is 52.0 Å². The van der Waals surface area contributed by atoms with Gasteiger partial charge in [-0.25, -0.2) is 9.59 Å². The number of benzene rings is 1. The molecule has 0 unspecified atom stereocenters. The van der Waals surface area contributed by atoms with Gasteiger partial charge in [-0.1, -0.05) is 38.3 Å². The minimum Gasteiger partial charge on any atom is -0.328 e. The van der Waals surface area contributed by atoms with Crippen molar-refractivity contribution >= 4 is 11.8 Å². The van der Waals surface area contributed by atoms with Crippen LogP contribution in [-0.2, 0) is 32.7 Å². The van der Waals surface area contributed by atoms with E-state index in [9.17, 15) is 14.5 Å². The number of carbonyl (C=O) groups is 1. The summed E-state index contributed by atoms with van der Waals surface area (Å²) in [7, 11) is 0. The number of carbonyl (C=O) groups excluding carboxylic acids is 1. The van der Waals surface area contributed by atoms with E-state index in [1.54, 1.807) is 41.4 Å². The van der Waals surface area contributed by atoms with Crippen LogP contribution in [0.3, 0.4) is 0 Å². The van der Waals surface area contributed by atoms with E-state index in [2.05, 4.69) is 35.0 Å². The number of hydrogen-bond donors (Lipinski definition) is 1. The zero-order chi connectivity index (χ0) is 23.5. The maximum atomic E-state index is 12.2. The Bertz CT molecular complexity index is 939. The topological polar surface area (TPSA) is 99.9 Å². The molecular formula is C24H32N6O3Y-2. The van der Waals surface area contributed by atoms with Crippen LogP contribution in [0.2, 0.25) is 0 Å². The third-order valence-corrected chi connectivity index (χ3v) is 5.89. The van der Waals surface area contributed by atoms with E-state index in [1.807, 2.05) is 0 Å². The van der Waals surface area contributed by atoms with Crippen LogP contribution >= 0.6 is 0 Å². The number of rotatable bonds is 3. The van der Waals surface area contributed by atoms with Gasteiger partial charge < -0.3 is 11.3 Å². The Morgan fingerprint density at radius 1 is 1.12 bits per heavy atom. The normalized spacial score (nSPS) is 16.7. The second kappa shape index (κ2) is 15.0. The van der Waals surface area contributed by atoms with Crippen LogP contribution < -0.4 is 11.0 Å². The van der Waals surface area contributed by atoms with E-state index in [4.69, 9.17) is 0 Å². The maximum absolute atomic E-state index is 12.2. The standard InChI is InChI=1S/C15H15N6O3.C9H17.Y/c22-14(19-8-10-20(18-24)11-9-19)16-13-6-7-21(15(23)17-13)12-4-2-1-3-5-12;1-9-7-5-3-2-4-6-8-9;/h2-7H,8-11H2,(H,16,17,22,23);2,9H,3-8H2,1H3;/q2*-1;. The number of nitrogens with zero attached hydrogens (tertiary/aromatic N) is 5. The summed E-state index contributed by atoms with van der Waals surface area (Å²) < 4.78 is 1.37. The zero-order valence-corrected chi connectivity index (χ0v) is 22.6. The summed E-state index contributed by atoms with van der Waals surface area (Å²) in [6.07, 6.45) is 12.5. The Morgan fingerprint density at radius 2 is 1.76 bits per heavy atom. The summed E-state index contributed by atoms with van der Waals surface area (Å²) in [6, 6.07) is 10.9. The smallest absolute Gasteiger partial charge is 0.328 e. The Morgan fingerprint density at radius 3 is 2.35 bits per heavy atom. The molecular weight excluding hydrogens is 509 g/mol. The molecule has 1 aromatic carbocycles. The van der Waals surface area contributed by atoms with Gasteiger partial charge in [0.25, 0.3) is 0 Å². The first-order valence-electron chi connectivity index (χ1n) is 11.6. The molecule has 0 spiro atoms. The number of amides is 2. The molecule has 1 aliphatic heterocycles. The molecule has 2 amide bonds. The van der Waals surface area contributed by atoms with E-state index in [0.29, 0.717) is 31.9 Å². The molecule has 1 radical (unpaired) electrons. The van der Waals surface area contributed by atoms with E-state index in [-0.39, 0.29) is 44.6 Å². The first kappa shape index (κ1) is 28.1. The average molecular weight is 541 g/mol. The minimum atomic E-state index is -0.492. The molecule has 34 heavy (non-hydrogen) atoms. The third kappa shape index (κ3) is 8.91. The molecule has 2 aromatic rings. The summed E-state index contributed by atoms with van der Waals surface area (Å²) in [5, 5.41) is 6.80. The number of aromatic nitrogens is 2. The number of hydrogen-bond acceptors (Lipinski definition) is 5. The van der Waals surface area contributed by atoms with Crippen LogP contribution in [0.4, 0.5) is 10.6 Å². The molecule has 1 aromatic heterocycles. The molecule has 9 nitrogen and oxygen atoms in total. The van der Waals surface area contributed by atoms with E-state index in [0.717, 1.165) is 5.92 Å². The Hall–Kier alpha value is -2.13. The molecule has 1 N–H and O–H groups in total. The predicted molar refractivity (Wildman–Crippen MR) is 128 cm³/mol. The molecule has 4 rings (SSSR count). The number of anilines is 1. The summed E-state index contributed by atoms with van der Waals surface area (Å²) in [6.45, 7) is 3.92. The van der Waals surface area contributed by atoms with Gasteiger partial charge in [0.05, 0.1) is 18.4 Å². The molecule has 2 fully saturated rings. The largest absolute Gasteiger partial charge is 0.352 e. The predicted octanol–water partition coefficient (Wildman–Crippen LogP) is 4.04. The van der Waals surface area contributed by atoms with Crippen molar-refractivity contribution in [3.8, 4) is 5.69 Å². The molecule has 0 atom stereocenters. The van der Waals surface area contributed by atoms with Gasteiger partial charge in [0.1, 0.15) is 5.82 Å². The van der Waals surface area contributed by atoms with Crippen LogP contribution in [-0.4, -0.2) is 51.7 Å². The van der Waals surface area contributed by atoms with Crippen molar-refractivity contribution in [1.29, 1.82) is 0 Å².